The second-order valence-electron chi connectivity index (χ2n) is 3.80. The minimum Gasteiger partial charge on any atom is -0.504 e. The number of aromatic hydroxyl groups is 2. The average Bonchev–Trinajstić information content (AvgIpc) is 2.20. The van der Waals surface area contributed by atoms with Crippen molar-refractivity contribution in [1.82, 2.24) is 0 Å². The summed E-state index contributed by atoms with van der Waals surface area (Å²) in [5.41, 5.74) is -0.605. The first-order chi connectivity index (χ1) is 7.84. The number of benzene rings is 1. The fourth-order valence-electron chi connectivity index (χ4n) is 1.56. The number of aromatic carboxylic acids is 1. The number of phenols is 2. The third-order valence-electron chi connectivity index (χ3n) is 2.32. The highest BCUT2D eigenvalue weighted by molar-refractivity contribution is 5.91. The van der Waals surface area contributed by atoms with E-state index in [1.165, 1.54) is 6.92 Å². The lowest BCUT2D eigenvalue weighted by atomic mass is 9.97. The number of rotatable bonds is 4. The van der Waals surface area contributed by atoms with Gasteiger partial charge in [-0.2, -0.15) is 0 Å². The molecule has 1 aromatic carbocycles. The van der Waals surface area contributed by atoms with Crippen LogP contribution in [0.5, 0.6) is 11.5 Å². The Kier molecular flexibility index (Phi) is 3.93. The van der Waals surface area contributed by atoms with Gasteiger partial charge in [0.05, 0.1) is 17.8 Å². The lowest BCUT2D eigenvalue weighted by Gasteiger charge is -2.17. The number of phenolic OH excluding ortho intramolecular Hbond substituents is 2. The minimum atomic E-state index is -1.37. The van der Waals surface area contributed by atoms with Crippen molar-refractivity contribution in [2.75, 3.05) is 0 Å². The molecular weight excluding hydrogens is 228 g/mol. The number of aliphatic hydroxyl groups excluding tert-OH is 2. The van der Waals surface area contributed by atoms with Crippen LogP contribution in [0.3, 0.4) is 0 Å². The molecule has 0 saturated carbocycles. The maximum atomic E-state index is 10.9. The molecule has 0 aliphatic carbocycles. The van der Waals surface area contributed by atoms with Crippen LogP contribution >= 0.6 is 0 Å². The highest BCUT2D eigenvalue weighted by Gasteiger charge is 2.24. The molecule has 0 aliphatic rings. The molecule has 6 heteroatoms. The average molecular weight is 242 g/mol. The molecule has 17 heavy (non-hydrogen) atoms. The molecule has 0 amide bonds. The Hall–Kier alpha value is -1.79. The predicted molar refractivity (Wildman–Crippen MR) is 58.0 cm³/mol. The van der Waals surface area contributed by atoms with Crippen molar-refractivity contribution in [2.24, 2.45) is 0 Å². The Bertz CT molecular complexity index is 426. The summed E-state index contributed by atoms with van der Waals surface area (Å²) in [5.74, 6) is -2.53. The molecule has 2 unspecified atom stereocenters. The van der Waals surface area contributed by atoms with E-state index in [4.69, 9.17) is 10.2 Å². The van der Waals surface area contributed by atoms with Crippen molar-refractivity contribution >= 4 is 5.97 Å². The first kappa shape index (κ1) is 13.3. The van der Waals surface area contributed by atoms with E-state index < -0.39 is 29.7 Å². The van der Waals surface area contributed by atoms with Crippen LogP contribution in [0, 0.1) is 0 Å². The smallest absolute Gasteiger partial charge is 0.336 e. The third kappa shape index (κ3) is 2.86. The van der Waals surface area contributed by atoms with Gasteiger partial charge in [-0.25, -0.2) is 4.79 Å². The molecule has 6 nitrogen and oxygen atoms in total. The van der Waals surface area contributed by atoms with Gasteiger partial charge in [0, 0.05) is 12.0 Å². The second kappa shape index (κ2) is 5.03. The lowest BCUT2D eigenvalue weighted by Crippen LogP contribution is -2.12. The van der Waals surface area contributed by atoms with Crippen LogP contribution in [0.1, 0.15) is 35.4 Å². The molecule has 0 bridgehead atoms. The normalized spacial score (nSPS) is 14.3. The van der Waals surface area contributed by atoms with Crippen LogP contribution in [0.4, 0.5) is 0 Å². The summed E-state index contributed by atoms with van der Waals surface area (Å²) in [6.07, 6.45) is -2.38. The highest BCUT2D eigenvalue weighted by atomic mass is 16.4. The quantitative estimate of drug-likeness (QED) is 0.493. The lowest BCUT2D eigenvalue weighted by molar-refractivity contribution is 0.0666. The zero-order valence-corrected chi connectivity index (χ0v) is 9.16. The van der Waals surface area contributed by atoms with E-state index in [1.807, 2.05) is 0 Å². The number of carboxylic acids is 1. The number of hydrogen-bond acceptors (Lipinski definition) is 5. The van der Waals surface area contributed by atoms with Crippen LogP contribution in [0.15, 0.2) is 12.1 Å². The van der Waals surface area contributed by atoms with E-state index in [2.05, 4.69) is 0 Å². The fraction of sp³-hybridized carbons (Fsp3) is 0.364. The van der Waals surface area contributed by atoms with E-state index in [1.54, 1.807) is 0 Å². The first-order valence-electron chi connectivity index (χ1n) is 4.98. The van der Waals surface area contributed by atoms with E-state index in [0.717, 1.165) is 12.1 Å². The molecule has 0 aromatic heterocycles. The van der Waals surface area contributed by atoms with Gasteiger partial charge >= 0.3 is 5.97 Å². The summed E-state index contributed by atoms with van der Waals surface area (Å²) < 4.78 is 0. The standard InChI is InChI=1S/C11H14O6/c1-5(12)4-8(14)9-6(11(16)17)2-3-7(13)10(9)15/h2-3,5,8,12-15H,4H2,1H3,(H,16,17). The minimum absolute atomic E-state index is 0.142. The molecule has 0 heterocycles. The van der Waals surface area contributed by atoms with Gasteiger partial charge in [0.1, 0.15) is 0 Å². The summed E-state index contributed by atoms with van der Waals surface area (Å²) in [5, 5.41) is 46.6. The van der Waals surface area contributed by atoms with Gasteiger partial charge in [-0.3, -0.25) is 0 Å². The van der Waals surface area contributed by atoms with Gasteiger partial charge in [0.15, 0.2) is 11.5 Å². The molecule has 0 fully saturated rings. The molecule has 5 N–H and O–H groups in total. The fourth-order valence-corrected chi connectivity index (χ4v) is 1.56. The zero-order chi connectivity index (χ0) is 13.2. The van der Waals surface area contributed by atoms with Crippen LogP contribution in [0.2, 0.25) is 0 Å². The Balaban J connectivity index is 3.27. The van der Waals surface area contributed by atoms with Crippen molar-refractivity contribution in [3.63, 3.8) is 0 Å². The SMILES string of the molecule is CC(O)CC(O)c1c(C(=O)O)ccc(O)c1O. The Labute approximate surface area is 97.4 Å². The molecule has 94 valence electrons. The van der Waals surface area contributed by atoms with Crippen LogP contribution < -0.4 is 0 Å². The zero-order valence-electron chi connectivity index (χ0n) is 9.16. The van der Waals surface area contributed by atoms with Crippen molar-refractivity contribution in [3.8, 4) is 11.5 Å². The topological polar surface area (TPSA) is 118 Å². The Morgan fingerprint density at radius 3 is 2.35 bits per heavy atom. The summed E-state index contributed by atoms with van der Waals surface area (Å²) in [4.78, 5) is 10.9. The molecule has 0 spiro atoms. The number of carbonyl (C=O) groups is 1. The molecule has 0 aliphatic heterocycles. The summed E-state index contributed by atoms with van der Waals surface area (Å²) >= 11 is 0. The summed E-state index contributed by atoms with van der Waals surface area (Å²) in [6.45, 7) is 1.42. The maximum absolute atomic E-state index is 10.9. The predicted octanol–water partition coefficient (Wildman–Crippen LogP) is 0.600. The Morgan fingerprint density at radius 1 is 1.29 bits per heavy atom. The van der Waals surface area contributed by atoms with E-state index >= 15 is 0 Å². The van der Waals surface area contributed by atoms with E-state index in [-0.39, 0.29) is 17.5 Å². The second-order valence-corrected chi connectivity index (χ2v) is 3.80. The van der Waals surface area contributed by atoms with Crippen molar-refractivity contribution < 1.29 is 30.3 Å². The third-order valence-corrected chi connectivity index (χ3v) is 2.32. The van der Waals surface area contributed by atoms with Gasteiger partial charge in [0.25, 0.3) is 0 Å². The largest absolute Gasteiger partial charge is 0.504 e. The molecule has 0 saturated heterocycles. The number of hydrogen-bond donors (Lipinski definition) is 5. The van der Waals surface area contributed by atoms with Crippen LogP contribution in [-0.4, -0.2) is 37.6 Å². The summed E-state index contributed by atoms with van der Waals surface area (Å²) in [7, 11) is 0. The van der Waals surface area contributed by atoms with Gasteiger partial charge in [-0.1, -0.05) is 0 Å². The maximum Gasteiger partial charge on any atom is 0.336 e. The number of aliphatic hydroxyl groups is 2. The van der Waals surface area contributed by atoms with Gasteiger partial charge < -0.3 is 25.5 Å². The van der Waals surface area contributed by atoms with Crippen molar-refractivity contribution in [1.29, 1.82) is 0 Å². The molecular formula is C11H14O6. The number of carboxylic acid groups (broad SMARTS) is 1. The molecule has 2 atom stereocenters. The van der Waals surface area contributed by atoms with E-state index in [9.17, 15) is 20.1 Å². The van der Waals surface area contributed by atoms with Gasteiger partial charge in [-0.15, -0.1) is 0 Å². The highest BCUT2D eigenvalue weighted by Crippen LogP contribution is 2.37. The van der Waals surface area contributed by atoms with Crippen molar-refractivity contribution in [2.45, 2.75) is 25.6 Å². The van der Waals surface area contributed by atoms with Crippen LogP contribution in [0.25, 0.3) is 0 Å². The Morgan fingerprint density at radius 2 is 1.88 bits per heavy atom. The van der Waals surface area contributed by atoms with Crippen molar-refractivity contribution in [3.05, 3.63) is 23.3 Å². The monoisotopic (exact) mass is 242 g/mol. The molecule has 1 rings (SSSR count). The first-order valence-corrected chi connectivity index (χ1v) is 4.98. The molecule has 0 radical (unpaired) electrons. The van der Waals surface area contributed by atoms with Crippen LogP contribution in [-0.2, 0) is 0 Å². The summed E-state index contributed by atoms with van der Waals surface area (Å²) in [6, 6.07) is 2.11. The van der Waals surface area contributed by atoms with Gasteiger partial charge in [0.2, 0.25) is 0 Å². The molecule has 1 aromatic rings. The van der Waals surface area contributed by atoms with E-state index in [0.29, 0.717) is 0 Å². The van der Waals surface area contributed by atoms with Gasteiger partial charge in [-0.05, 0) is 19.1 Å².